The molecule has 0 saturated heterocycles. The highest BCUT2D eigenvalue weighted by Gasteiger charge is 2.30. The highest BCUT2D eigenvalue weighted by atomic mass is 31.2. The van der Waals surface area contributed by atoms with E-state index in [9.17, 15) is 18.9 Å². The Balaban J connectivity index is 1.71. The molecule has 0 aliphatic heterocycles. The van der Waals surface area contributed by atoms with Crippen molar-refractivity contribution in [2.24, 2.45) is 27.6 Å². The average Bonchev–Trinajstić information content (AvgIpc) is 3.88. The first kappa shape index (κ1) is 34.8. The zero-order chi connectivity index (χ0) is 34.3. The molecule has 18 heteroatoms. The summed E-state index contributed by atoms with van der Waals surface area (Å²) >= 11 is 0. The average molecular weight is 671 g/mol. The Kier molecular flexibility index (Phi) is 11.1. The molecular formula is C29H35N8O9P. The zero-order valence-electron chi connectivity index (χ0n) is 25.7. The summed E-state index contributed by atoms with van der Waals surface area (Å²) < 4.78 is 27.9. The van der Waals surface area contributed by atoms with Crippen LogP contribution in [0.2, 0.25) is 0 Å². The summed E-state index contributed by atoms with van der Waals surface area (Å²) in [7, 11) is -0.291. The van der Waals surface area contributed by atoms with Crippen LogP contribution in [0.15, 0.2) is 64.8 Å². The van der Waals surface area contributed by atoms with Gasteiger partial charge in [-0.3, -0.25) is 18.7 Å². The highest BCUT2D eigenvalue weighted by molar-refractivity contribution is 7.46. The lowest BCUT2D eigenvalue weighted by Gasteiger charge is -2.17. The van der Waals surface area contributed by atoms with E-state index in [0.29, 0.717) is 16.8 Å². The van der Waals surface area contributed by atoms with Crippen molar-refractivity contribution in [3.8, 4) is 5.75 Å². The van der Waals surface area contributed by atoms with E-state index in [-0.39, 0.29) is 52.3 Å². The molecule has 47 heavy (non-hydrogen) atoms. The quantitative estimate of drug-likeness (QED) is 0.0376. The number of hydrogen-bond donors (Lipinski definition) is 6. The van der Waals surface area contributed by atoms with E-state index in [2.05, 4.69) is 25.3 Å². The van der Waals surface area contributed by atoms with E-state index in [4.69, 9.17) is 30.8 Å². The van der Waals surface area contributed by atoms with Crippen LogP contribution in [0.1, 0.15) is 44.7 Å². The van der Waals surface area contributed by atoms with Crippen molar-refractivity contribution in [3.05, 3.63) is 82.3 Å². The normalized spacial score (nSPS) is 13.6. The number of carbonyl (C=O) groups excluding carboxylic acids is 3. The third-order valence-electron chi connectivity index (χ3n) is 6.72. The predicted octanol–water partition coefficient (Wildman–Crippen LogP) is 1.29. The first-order valence-electron chi connectivity index (χ1n) is 14.1. The number of carbonyl (C=O) groups is 3. The van der Waals surface area contributed by atoms with Crippen molar-refractivity contribution in [1.29, 1.82) is 0 Å². The minimum absolute atomic E-state index is 0.0599. The molecule has 1 aliphatic rings. The summed E-state index contributed by atoms with van der Waals surface area (Å²) in [6.07, 6.45) is 2.86. The molecule has 1 aliphatic carbocycles. The smallest absolute Gasteiger partial charge is 0.469 e. The van der Waals surface area contributed by atoms with Gasteiger partial charge in [0.05, 0.1) is 35.8 Å². The molecular weight excluding hydrogens is 635 g/mol. The fourth-order valence-corrected chi connectivity index (χ4v) is 4.58. The van der Waals surface area contributed by atoms with E-state index in [0.717, 1.165) is 18.0 Å². The summed E-state index contributed by atoms with van der Waals surface area (Å²) in [5.74, 6) is 4.47. The van der Waals surface area contributed by atoms with Crippen LogP contribution in [-0.4, -0.2) is 64.3 Å². The second kappa shape index (κ2) is 15.0. The topological polar surface area (TPSA) is 245 Å². The van der Waals surface area contributed by atoms with Crippen molar-refractivity contribution < 1.29 is 42.7 Å². The van der Waals surface area contributed by atoms with Gasteiger partial charge in [-0.2, -0.15) is 0 Å². The SMILES string of the molecule is CNC(=O)c1cn(COC(=O)c2ccc(COP(=O)(O)O)cc2)c(NC(=O)C2CC2)cc1=Nc1cccc(/C(N)=N/N(C)N)c1OC. The summed E-state index contributed by atoms with van der Waals surface area (Å²) in [5.41, 5.74) is 7.46. The molecule has 3 aromatic rings. The van der Waals surface area contributed by atoms with Crippen LogP contribution < -0.4 is 32.3 Å². The van der Waals surface area contributed by atoms with Gasteiger partial charge in [0.1, 0.15) is 11.5 Å². The third-order valence-corrected chi connectivity index (χ3v) is 7.18. The number of aromatic nitrogens is 1. The van der Waals surface area contributed by atoms with Gasteiger partial charge >= 0.3 is 13.8 Å². The molecule has 0 atom stereocenters. The maximum atomic E-state index is 13.1. The molecule has 4 rings (SSSR count). The molecule has 2 amide bonds. The van der Waals surface area contributed by atoms with Gasteiger partial charge in [0, 0.05) is 32.3 Å². The van der Waals surface area contributed by atoms with Gasteiger partial charge < -0.3 is 35.6 Å². The minimum Gasteiger partial charge on any atom is -0.494 e. The Labute approximate surface area is 269 Å². The number of hydrazone groups is 1. The number of amides is 2. The summed E-state index contributed by atoms with van der Waals surface area (Å²) in [6, 6.07) is 12.2. The number of hydrazine groups is 1. The predicted molar refractivity (Wildman–Crippen MR) is 169 cm³/mol. The van der Waals surface area contributed by atoms with Crippen molar-refractivity contribution >= 4 is 42.9 Å². The van der Waals surface area contributed by atoms with Gasteiger partial charge in [-0.25, -0.2) is 25.3 Å². The molecule has 0 spiro atoms. The van der Waals surface area contributed by atoms with Gasteiger partial charge in [0.15, 0.2) is 18.3 Å². The Morgan fingerprint density at radius 3 is 2.43 bits per heavy atom. The zero-order valence-corrected chi connectivity index (χ0v) is 26.6. The molecule has 1 aromatic heterocycles. The first-order chi connectivity index (χ1) is 22.3. The Hall–Kier alpha value is -5.06. The van der Waals surface area contributed by atoms with Gasteiger partial charge in [-0.15, -0.1) is 5.10 Å². The fraction of sp³-hybridized carbons (Fsp3) is 0.276. The van der Waals surface area contributed by atoms with Crippen molar-refractivity contribution in [3.63, 3.8) is 0 Å². The Bertz CT molecular complexity index is 1800. The molecule has 17 nitrogen and oxygen atoms in total. The number of anilines is 1. The van der Waals surface area contributed by atoms with Crippen LogP contribution in [0, 0.1) is 5.92 Å². The molecule has 0 bridgehead atoms. The van der Waals surface area contributed by atoms with Crippen LogP contribution in [0.3, 0.4) is 0 Å². The Morgan fingerprint density at radius 1 is 1.13 bits per heavy atom. The molecule has 2 aromatic carbocycles. The molecule has 1 fully saturated rings. The molecule has 250 valence electrons. The fourth-order valence-electron chi connectivity index (χ4n) is 4.26. The number of pyridine rings is 1. The number of phosphoric acid groups is 1. The van der Waals surface area contributed by atoms with E-state index in [1.54, 1.807) is 18.2 Å². The molecule has 0 radical (unpaired) electrons. The number of nitrogens with zero attached hydrogens (tertiary/aromatic N) is 4. The molecule has 1 heterocycles. The second-order valence-electron chi connectivity index (χ2n) is 10.3. The Morgan fingerprint density at radius 2 is 1.83 bits per heavy atom. The van der Waals surface area contributed by atoms with Gasteiger partial charge in [0.25, 0.3) is 5.91 Å². The number of amidine groups is 1. The van der Waals surface area contributed by atoms with Crippen molar-refractivity contribution in [2.45, 2.75) is 26.2 Å². The summed E-state index contributed by atoms with van der Waals surface area (Å²) in [6.45, 7) is -0.758. The van der Waals surface area contributed by atoms with Gasteiger partial charge in [-0.1, -0.05) is 18.2 Å². The van der Waals surface area contributed by atoms with Crippen LogP contribution in [-0.2, 0) is 32.0 Å². The lowest BCUT2D eigenvalue weighted by atomic mass is 10.1. The number of hydrogen-bond acceptors (Lipinski definition) is 11. The van der Waals surface area contributed by atoms with E-state index >= 15 is 0 Å². The number of nitrogens with one attached hydrogen (secondary N) is 2. The molecule has 8 N–H and O–H groups in total. The van der Waals surface area contributed by atoms with E-state index in [1.807, 2.05) is 0 Å². The number of phosphoric ester groups is 1. The molecule has 0 unspecified atom stereocenters. The monoisotopic (exact) mass is 670 g/mol. The van der Waals surface area contributed by atoms with Crippen LogP contribution in [0.25, 0.3) is 0 Å². The number of esters is 1. The standard InChI is InChI=1S/C29H35N8O9P/c1-32-28(39)21-14-37(16-45-29(40)19-9-7-17(8-10-19)15-46-47(41,42)43)24(34-27(38)18-11-12-18)13-23(21)33-22-6-4-5-20(25(22)44-3)26(30)35-36(2)31/h4-10,13-14,18H,11-12,15-16,31H2,1-3H3,(H2,30,35)(H,32,39)(H,34,38)(H2,41,42,43). The largest absolute Gasteiger partial charge is 0.494 e. The summed E-state index contributed by atoms with van der Waals surface area (Å²) in [5, 5.41) is 10.6. The van der Waals surface area contributed by atoms with Gasteiger partial charge in [-0.05, 0) is 42.7 Å². The first-order valence-corrected chi connectivity index (χ1v) is 15.6. The summed E-state index contributed by atoms with van der Waals surface area (Å²) in [4.78, 5) is 61.2. The lowest BCUT2D eigenvalue weighted by molar-refractivity contribution is -0.117. The van der Waals surface area contributed by atoms with E-state index < -0.39 is 26.4 Å². The third kappa shape index (κ3) is 9.48. The van der Waals surface area contributed by atoms with Crippen LogP contribution >= 0.6 is 7.82 Å². The number of methoxy groups -OCH3 is 1. The number of nitrogens with two attached hydrogens (primary N) is 2. The molecule has 1 saturated carbocycles. The number of rotatable bonds is 13. The van der Waals surface area contributed by atoms with Crippen molar-refractivity contribution in [1.82, 2.24) is 15.0 Å². The van der Waals surface area contributed by atoms with E-state index in [1.165, 1.54) is 62.3 Å². The number of para-hydroxylation sites is 1. The lowest BCUT2D eigenvalue weighted by Crippen LogP contribution is -2.29. The van der Waals surface area contributed by atoms with Crippen LogP contribution in [0.4, 0.5) is 11.5 Å². The number of benzene rings is 2. The maximum Gasteiger partial charge on any atom is 0.469 e. The second-order valence-corrected chi connectivity index (χ2v) is 11.6. The highest BCUT2D eigenvalue weighted by Crippen LogP contribution is 2.37. The maximum absolute atomic E-state index is 13.1. The number of ether oxygens (including phenoxy) is 2. The minimum atomic E-state index is -4.66. The van der Waals surface area contributed by atoms with Gasteiger partial charge in [0.2, 0.25) is 5.91 Å². The van der Waals surface area contributed by atoms with Crippen LogP contribution in [0.5, 0.6) is 5.75 Å². The van der Waals surface area contributed by atoms with Crippen molar-refractivity contribution in [2.75, 3.05) is 26.5 Å².